The molecule has 1 aromatic rings. The van der Waals surface area contributed by atoms with E-state index in [-0.39, 0.29) is 0 Å². The average Bonchev–Trinajstić information content (AvgIpc) is 2.58. The van der Waals surface area contributed by atoms with Gasteiger partial charge in [0, 0.05) is 19.6 Å². The lowest BCUT2D eigenvalue weighted by molar-refractivity contribution is 0.518. The van der Waals surface area contributed by atoms with Crippen LogP contribution in [-0.2, 0) is 13.6 Å². The van der Waals surface area contributed by atoms with Crippen molar-refractivity contribution in [2.75, 3.05) is 12.0 Å². The van der Waals surface area contributed by atoms with E-state index >= 15 is 0 Å². The molecule has 0 saturated carbocycles. The first kappa shape index (κ1) is 11.5. The van der Waals surface area contributed by atoms with Gasteiger partial charge in [0.05, 0.1) is 11.9 Å². The van der Waals surface area contributed by atoms with Gasteiger partial charge in [-0.2, -0.15) is 11.8 Å². The Kier molecular flexibility index (Phi) is 4.97. The average molecular weight is 214 g/mol. The van der Waals surface area contributed by atoms with Crippen LogP contribution in [0.15, 0.2) is 6.20 Å². The van der Waals surface area contributed by atoms with E-state index in [0.29, 0.717) is 6.04 Å². The fourth-order valence-electron chi connectivity index (χ4n) is 1.15. The van der Waals surface area contributed by atoms with E-state index in [4.69, 9.17) is 0 Å². The molecule has 14 heavy (non-hydrogen) atoms. The third-order valence-corrected chi connectivity index (χ3v) is 2.84. The monoisotopic (exact) mass is 214 g/mol. The lowest BCUT2D eigenvalue weighted by atomic mass is 10.2. The molecule has 4 nitrogen and oxygen atoms in total. The van der Waals surface area contributed by atoms with Gasteiger partial charge in [-0.15, -0.1) is 5.10 Å². The third kappa shape index (κ3) is 3.67. The van der Waals surface area contributed by atoms with Gasteiger partial charge < -0.3 is 5.32 Å². The van der Waals surface area contributed by atoms with Gasteiger partial charge >= 0.3 is 0 Å². The van der Waals surface area contributed by atoms with Gasteiger partial charge in [0.15, 0.2) is 0 Å². The third-order valence-electron chi connectivity index (χ3n) is 2.19. The maximum absolute atomic E-state index is 3.88. The minimum absolute atomic E-state index is 0.553. The van der Waals surface area contributed by atoms with Crippen molar-refractivity contribution in [3.8, 4) is 0 Å². The number of nitrogens with one attached hydrogen (secondary N) is 1. The maximum atomic E-state index is 3.88. The van der Waals surface area contributed by atoms with E-state index in [9.17, 15) is 0 Å². The second-order valence-electron chi connectivity index (χ2n) is 3.41. The zero-order chi connectivity index (χ0) is 10.4. The molecule has 0 aliphatic heterocycles. The van der Waals surface area contributed by atoms with Gasteiger partial charge in [0.25, 0.3) is 0 Å². The van der Waals surface area contributed by atoms with E-state index < -0.39 is 0 Å². The van der Waals surface area contributed by atoms with Crippen molar-refractivity contribution in [3.63, 3.8) is 0 Å². The molecule has 1 heterocycles. The lowest BCUT2D eigenvalue weighted by Crippen LogP contribution is -2.26. The zero-order valence-corrected chi connectivity index (χ0v) is 9.84. The van der Waals surface area contributed by atoms with Gasteiger partial charge in [0.2, 0.25) is 0 Å². The molecule has 1 rings (SSSR count). The van der Waals surface area contributed by atoms with Crippen molar-refractivity contribution in [1.82, 2.24) is 20.3 Å². The van der Waals surface area contributed by atoms with Gasteiger partial charge in [-0.25, -0.2) is 0 Å². The van der Waals surface area contributed by atoms with Crippen molar-refractivity contribution in [2.45, 2.75) is 25.9 Å². The van der Waals surface area contributed by atoms with Crippen molar-refractivity contribution < 1.29 is 0 Å². The number of nitrogens with zero attached hydrogens (tertiary/aromatic N) is 3. The molecule has 0 saturated heterocycles. The maximum Gasteiger partial charge on any atom is 0.0738 e. The quantitative estimate of drug-likeness (QED) is 0.768. The van der Waals surface area contributed by atoms with E-state index in [1.54, 1.807) is 10.9 Å². The number of aryl methyl sites for hydroxylation is 1. The molecule has 0 aliphatic carbocycles. The van der Waals surface area contributed by atoms with E-state index in [1.165, 1.54) is 12.2 Å². The van der Waals surface area contributed by atoms with Crippen LogP contribution in [0.25, 0.3) is 0 Å². The number of hydrogen-bond acceptors (Lipinski definition) is 4. The molecule has 0 spiro atoms. The van der Waals surface area contributed by atoms with Gasteiger partial charge in [-0.05, 0) is 25.4 Å². The highest BCUT2D eigenvalue weighted by atomic mass is 32.2. The molecule has 0 bridgehead atoms. The Morgan fingerprint density at radius 2 is 2.43 bits per heavy atom. The summed E-state index contributed by atoms with van der Waals surface area (Å²) in [4.78, 5) is 0. The van der Waals surface area contributed by atoms with E-state index in [2.05, 4.69) is 28.8 Å². The van der Waals surface area contributed by atoms with E-state index in [1.807, 2.05) is 18.8 Å². The molecule has 0 fully saturated rings. The summed E-state index contributed by atoms with van der Waals surface area (Å²) in [6, 6.07) is 0.553. The molecule has 5 heteroatoms. The molecule has 0 amide bonds. The topological polar surface area (TPSA) is 42.7 Å². The normalized spacial score (nSPS) is 13.1. The summed E-state index contributed by atoms with van der Waals surface area (Å²) in [5.74, 6) is 1.21. The number of rotatable bonds is 6. The minimum Gasteiger partial charge on any atom is -0.309 e. The number of thioether (sulfide) groups is 1. The Bertz CT molecular complexity index is 261. The number of aromatic nitrogens is 3. The summed E-state index contributed by atoms with van der Waals surface area (Å²) < 4.78 is 1.80. The Hall–Kier alpha value is -0.550. The van der Waals surface area contributed by atoms with Crippen LogP contribution in [-0.4, -0.2) is 33.0 Å². The van der Waals surface area contributed by atoms with Crippen LogP contribution in [0.1, 0.15) is 19.0 Å². The Morgan fingerprint density at radius 1 is 1.64 bits per heavy atom. The number of hydrogen-bond donors (Lipinski definition) is 1. The molecular formula is C9H18N4S. The second kappa shape index (κ2) is 6.03. The van der Waals surface area contributed by atoms with Crippen LogP contribution in [0.3, 0.4) is 0 Å². The summed E-state index contributed by atoms with van der Waals surface area (Å²) >= 11 is 1.89. The highest BCUT2D eigenvalue weighted by Gasteiger charge is 2.03. The first-order valence-corrected chi connectivity index (χ1v) is 6.19. The molecule has 1 atom stereocenters. The zero-order valence-electron chi connectivity index (χ0n) is 9.03. The predicted molar refractivity (Wildman–Crippen MR) is 60.3 cm³/mol. The van der Waals surface area contributed by atoms with Crippen molar-refractivity contribution in [2.24, 2.45) is 7.05 Å². The molecule has 0 radical (unpaired) electrons. The summed E-state index contributed by atoms with van der Waals surface area (Å²) in [6.07, 6.45) is 5.14. The standard InChI is InChI=1S/C9H18N4S/c1-8(4-5-14-3)10-6-9-7-11-12-13(9)2/h7-8,10H,4-6H2,1-3H3. The van der Waals surface area contributed by atoms with Gasteiger partial charge in [-0.1, -0.05) is 5.21 Å². The van der Waals surface area contributed by atoms with Gasteiger partial charge in [-0.3, -0.25) is 4.68 Å². The molecular weight excluding hydrogens is 196 g/mol. The van der Waals surface area contributed by atoms with Crippen molar-refractivity contribution in [1.29, 1.82) is 0 Å². The fourth-order valence-corrected chi connectivity index (χ4v) is 1.74. The molecule has 1 N–H and O–H groups in total. The van der Waals surface area contributed by atoms with Crippen LogP contribution in [0.5, 0.6) is 0 Å². The Labute approximate surface area is 89.5 Å². The minimum atomic E-state index is 0.553. The lowest BCUT2D eigenvalue weighted by Gasteiger charge is -2.12. The molecule has 0 aromatic carbocycles. The first-order valence-electron chi connectivity index (χ1n) is 4.80. The van der Waals surface area contributed by atoms with Crippen LogP contribution in [0, 0.1) is 0 Å². The summed E-state index contributed by atoms with van der Waals surface area (Å²) in [6.45, 7) is 3.05. The first-order chi connectivity index (χ1) is 6.74. The highest BCUT2D eigenvalue weighted by Crippen LogP contribution is 2.01. The Balaban J connectivity index is 2.23. The highest BCUT2D eigenvalue weighted by molar-refractivity contribution is 7.98. The SMILES string of the molecule is CSCCC(C)NCc1cnnn1C. The second-order valence-corrected chi connectivity index (χ2v) is 4.40. The molecule has 1 aromatic heterocycles. The molecule has 1 unspecified atom stereocenters. The van der Waals surface area contributed by atoms with Crippen LogP contribution in [0.4, 0.5) is 0 Å². The van der Waals surface area contributed by atoms with Crippen molar-refractivity contribution >= 4 is 11.8 Å². The van der Waals surface area contributed by atoms with Crippen LogP contribution in [0.2, 0.25) is 0 Å². The predicted octanol–water partition coefficient (Wildman–Crippen LogP) is 1.05. The molecule has 0 aliphatic rings. The van der Waals surface area contributed by atoms with Gasteiger partial charge in [0.1, 0.15) is 0 Å². The summed E-state index contributed by atoms with van der Waals surface area (Å²) in [5, 5.41) is 11.2. The summed E-state index contributed by atoms with van der Waals surface area (Å²) in [7, 11) is 1.91. The summed E-state index contributed by atoms with van der Waals surface area (Å²) in [5.41, 5.74) is 1.13. The fraction of sp³-hybridized carbons (Fsp3) is 0.778. The van der Waals surface area contributed by atoms with E-state index in [0.717, 1.165) is 12.2 Å². The smallest absolute Gasteiger partial charge is 0.0738 e. The largest absolute Gasteiger partial charge is 0.309 e. The van der Waals surface area contributed by atoms with Crippen molar-refractivity contribution in [3.05, 3.63) is 11.9 Å². The van der Waals surface area contributed by atoms with Crippen LogP contribution >= 0.6 is 11.8 Å². The molecule has 80 valence electrons. The van der Waals surface area contributed by atoms with Crippen LogP contribution < -0.4 is 5.32 Å². The Morgan fingerprint density at radius 3 is 3.00 bits per heavy atom.